The first-order valence-corrected chi connectivity index (χ1v) is 10.9. The summed E-state index contributed by atoms with van der Waals surface area (Å²) in [5.41, 5.74) is 1.46. The first-order valence-electron chi connectivity index (χ1n) is 10.1. The third-order valence-corrected chi connectivity index (χ3v) is 5.85. The van der Waals surface area contributed by atoms with Crippen molar-refractivity contribution in [2.24, 2.45) is 4.99 Å². The lowest BCUT2D eigenvalue weighted by Crippen LogP contribution is -2.16. The maximum absolute atomic E-state index is 12.8. The van der Waals surface area contributed by atoms with Gasteiger partial charge in [-0.05, 0) is 30.7 Å². The average Bonchev–Trinajstić information content (AvgIpc) is 3.34. The van der Waals surface area contributed by atoms with Crippen LogP contribution in [-0.2, 0) is 6.54 Å². The van der Waals surface area contributed by atoms with Gasteiger partial charge in [-0.25, -0.2) is 0 Å². The fourth-order valence-electron chi connectivity index (χ4n) is 3.24. The molecule has 0 aliphatic carbocycles. The number of aromatic nitrogens is 1. The Morgan fingerprint density at radius 1 is 1.23 bits per heavy atom. The van der Waals surface area contributed by atoms with Crippen LogP contribution in [0.25, 0.3) is 10.2 Å². The van der Waals surface area contributed by atoms with Crippen molar-refractivity contribution in [2.75, 3.05) is 13.4 Å². The van der Waals surface area contributed by atoms with E-state index in [1.165, 1.54) is 11.3 Å². The van der Waals surface area contributed by atoms with E-state index >= 15 is 0 Å². The number of thiazole rings is 1. The van der Waals surface area contributed by atoms with E-state index in [4.69, 9.17) is 14.2 Å². The van der Waals surface area contributed by atoms with E-state index in [1.807, 2.05) is 28.8 Å². The topological polar surface area (TPSA) is 62.1 Å². The van der Waals surface area contributed by atoms with Crippen LogP contribution in [0.2, 0.25) is 0 Å². The first-order chi connectivity index (χ1) is 14.7. The van der Waals surface area contributed by atoms with Crippen molar-refractivity contribution in [1.29, 1.82) is 0 Å². The molecule has 156 valence electrons. The van der Waals surface area contributed by atoms with E-state index in [-0.39, 0.29) is 12.7 Å². The molecule has 1 aliphatic heterocycles. The zero-order valence-electron chi connectivity index (χ0n) is 16.9. The summed E-state index contributed by atoms with van der Waals surface area (Å²) >= 11 is 1.44. The molecule has 7 heteroatoms. The van der Waals surface area contributed by atoms with Crippen LogP contribution in [0.4, 0.5) is 0 Å². The van der Waals surface area contributed by atoms with Gasteiger partial charge in [-0.1, -0.05) is 37.2 Å². The number of benzene rings is 2. The largest absolute Gasteiger partial charge is 0.494 e. The number of rotatable bonds is 8. The molecule has 0 bridgehead atoms. The lowest BCUT2D eigenvalue weighted by atomic mass is 10.2. The van der Waals surface area contributed by atoms with Crippen molar-refractivity contribution in [2.45, 2.75) is 32.7 Å². The van der Waals surface area contributed by atoms with Crippen LogP contribution >= 0.6 is 11.3 Å². The number of carbonyl (C=O) groups is 1. The summed E-state index contributed by atoms with van der Waals surface area (Å²) in [6.45, 7) is 7.44. The second-order valence-corrected chi connectivity index (χ2v) is 7.96. The number of hydrogen-bond donors (Lipinski definition) is 0. The standard InChI is InChI=1S/C23H24N2O4S/c1-3-5-6-12-27-17-9-7-16(8-10-17)22(26)24-23-25(11-4-2)18-13-19-20(29-15-28-19)14-21(18)30-23/h4,7-10,13-14H,2-3,5-6,11-12,15H2,1H3. The summed E-state index contributed by atoms with van der Waals surface area (Å²) in [5, 5.41) is 0. The van der Waals surface area contributed by atoms with Crippen molar-refractivity contribution in [3.63, 3.8) is 0 Å². The number of unbranched alkanes of at least 4 members (excludes halogenated alkanes) is 2. The molecule has 0 radical (unpaired) electrons. The van der Waals surface area contributed by atoms with Crippen molar-refractivity contribution < 1.29 is 19.0 Å². The third kappa shape index (κ3) is 4.26. The minimum absolute atomic E-state index is 0.224. The molecule has 30 heavy (non-hydrogen) atoms. The molecule has 0 fully saturated rings. The molecular weight excluding hydrogens is 400 g/mol. The second-order valence-electron chi connectivity index (χ2n) is 6.95. The Morgan fingerprint density at radius 3 is 2.73 bits per heavy atom. The van der Waals surface area contributed by atoms with Crippen LogP contribution in [0.5, 0.6) is 17.2 Å². The highest BCUT2D eigenvalue weighted by atomic mass is 32.1. The number of amides is 1. The molecule has 0 atom stereocenters. The van der Waals surface area contributed by atoms with E-state index in [0.29, 0.717) is 35.0 Å². The molecule has 4 rings (SSSR count). The summed E-state index contributed by atoms with van der Waals surface area (Å²) in [5.74, 6) is 1.88. The highest BCUT2D eigenvalue weighted by molar-refractivity contribution is 7.16. The number of fused-ring (bicyclic) bond motifs is 2. The minimum atomic E-state index is -0.294. The molecule has 6 nitrogen and oxygen atoms in total. The highest BCUT2D eigenvalue weighted by Crippen LogP contribution is 2.37. The molecule has 0 saturated heterocycles. The zero-order valence-corrected chi connectivity index (χ0v) is 17.7. The van der Waals surface area contributed by atoms with E-state index in [0.717, 1.165) is 35.2 Å². The Morgan fingerprint density at radius 2 is 2.00 bits per heavy atom. The van der Waals surface area contributed by atoms with E-state index < -0.39 is 0 Å². The normalized spacial score (nSPS) is 13.0. The van der Waals surface area contributed by atoms with E-state index in [1.54, 1.807) is 18.2 Å². The van der Waals surface area contributed by atoms with Gasteiger partial charge in [0.1, 0.15) is 5.75 Å². The Labute approximate surface area is 179 Å². The number of carbonyl (C=O) groups excluding carboxylic acids is 1. The van der Waals surface area contributed by atoms with Crippen molar-refractivity contribution in [1.82, 2.24) is 4.57 Å². The Hall–Kier alpha value is -3.06. The van der Waals surface area contributed by atoms with Crippen LogP contribution in [0.15, 0.2) is 54.0 Å². The molecule has 1 aromatic heterocycles. The number of nitrogens with zero attached hydrogens (tertiary/aromatic N) is 2. The zero-order chi connectivity index (χ0) is 20.9. The Kier molecular flexibility index (Phi) is 6.18. The molecular formula is C23H24N2O4S. The van der Waals surface area contributed by atoms with Crippen LogP contribution in [0, 0.1) is 0 Å². The van der Waals surface area contributed by atoms with Gasteiger partial charge in [-0.2, -0.15) is 4.99 Å². The molecule has 3 aromatic rings. The molecule has 0 unspecified atom stereocenters. The summed E-state index contributed by atoms with van der Waals surface area (Å²) in [7, 11) is 0. The first kappa shape index (κ1) is 20.2. The van der Waals surface area contributed by atoms with Crippen molar-refractivity contribution in [3.8, 4) is 17.2 Å². The van der Waals surface area contributed by atoms with E-state index in [2.05, 4.69) is 18.5 Å². The lowest BCUT2D eigenvalue weighted by molar-refractivity contribution is 0.0998. The predicted octanol–water partition coefficient (Wildman–Crippen LogP) is 4.93. The van der Waals surface area contributed by atoms with Crippen LogP contribution < -0.4 is 19.0 Å². The lowest BCUT2D eigenvalue weighted by Gasteiger charge is -2.05. The molecule has 2 heterocycles. The van der Waals surface area contributed by atoms with Gasteiger partial charge >= 0.3 is 0 Å². The highest BCUT2D eigenvalue weighted by Gasteiger charge is 2.17. The fraction of sp³-hybridized carbons (Fsp3) is 0.304. The predicted molar refractivity (Wildman–Crippen MR) is 117 cm³/mol. The molecule has 0 saturated carbocycles. The smallest absolute Gasteiger partial charge is 0.279 e. The maximum Gasteiger partial charge on any atom is 0.279 e. The Bertz CT molecular complexity index is 1130. The van der Waals surface area contributed by atoms with Gasteiger partial charge in [0.25, 0.3) is 5.91 Å². The average molecular weight is 425 g/mol. The number of hydrogen-bond acceptors (Lipinski definition) is 5. The molecule has 0 spiro atoms. The molecule has 1 amide bonds. The van der Waals surface area contributed by atoms with Gasteiger partial charge in [0.15, 0.2) is 16.3 Å². The van der Waals surface area contributed by atoms with Crippen molar-refractivity contribution in [3.05, 3.63) is 59.4 Å². The number of ether oxygens (including phenoxy) is 3. The van der Waals surface area contributed by atoms with Gasteiger partial charge in [-0.3, -0.25) is 4.79 Å². The molecule has 2 aromatic carbocycles. The minimum Gasteiger partial charge on any atom is -0.494 e. The van der Waals surface area contributed by atoms with Gasteiger partial charge in [0.2, 0.25) is 6.79 Å². The van der Waals surface area contributed by atoms with Crippen molar-refractivity contribution >= 4 is 27.5 Å². The third-order valence-electron chi connectivity index (χ3n) is 4.80. The monoisotopic (exact) mass is 424 g/mol. The summed E-state index contributed by atoms with van der Waals surface area (Å²) in [4.78, 5) is 17.8. The maximum atomic E-state index is 12.8. The quantitative estimate of drug-likeness (QED) is 0.380. The molecule has 1 aliphatic rings. The number of allylic oxidation sites excluding steroid dienone is 1. The Balaban J connectivity index is 1.60. The van der Waals surface area contributed by atoms with Gasteiger partial charge in [-0.15, -0.1) is 6.58 Å². The SMILES string of the molecule is C=CCn1c(=NC(=O)c2ccc(OCCCCC)cc2)sc2cc3c(cc21)OCO3. The van der Waals surface area contributed by atoms with Crippen LogP contribution in [0.3, 0.4) is 0 Å². The fourth-order valence-corrected chi connectivity index (χ4v) is 4.29. The van der Waals surface area contributed by atoms with Gasteiger partial charge < -0.3 is 18.8 Å². The van der Waals surface area contributed by atoms with Crippen LogP contribution in [-0.4, -0.2) is 23.9 Å². The summed E-state index contributed by atoms with van der Waals surface area (Å²) in [6, 6.07) is 11.0. The van der Waals surface area contributed by atoms with Gasteiger partial charge in [0.05, 0.1) is 16.8 Å². The molecule has 0 N–H and O–H groups in total. The van der Waals surface area contributed by atoms with Gasteiger partial charge in [0, 0.05) is 24.2 Å². The van der Waals surface area contributed by atoms with E-state index in [9.17, 15) is 4.79 Å². The summed E-state index contributed by atoms with van der Waals surface area (Å²) < 4.78 is 19.6. The summed E-state index contributed by atoms with van der Waals surface area (Å²) in [6.07, 6.45) is 5.12. The second kappa shape index (κ2) is 9.17. The van der Waals surface area contributed by atoms with Crippen LogP contribution in [0.1, 0.15) is 36.5 Å².